The van der Waals surface area contributed by atoms with E-state index in [-0.39, 0.29) is 16.5 Å². The van der Waals surface area contributed by atoms with Crippen molar-refractivity contribution in [2.24, 2.45) is 0 Å². The minimum absolute atomic E-state index is 0.0112. The highest BCUT2D eigenvalue weighted by Crippen LogP contribution is 2.25. The molecule has 8 heteroatoms. The molecule has 0 unspecified atom stereocenters. The average Bonchev–Trinajstić information content (AvgIpc) is 2.54. The first-order valence-corrected chi connectivity index (χ1v) is 9.56. The third-order valence-electron chi connectivity index (χ3n) is 3.94. The number of benzene rings is 1. The molecule has 1 aliphatic rings. The van der Waals surface area contributed by atoms with Gasteiger partial charge in [0.1, 0.15) is 0 Å². The fraction of sp³-hybridized carbons (Fsp3) is 0.562. The average molecular weight is 356 g/mol. The van der Waals surface area contributed by atoms with Crippen LogP contribution in [0.15, 0.2) is 23.1 Å². The van der Waals surface area contributed by atoms with Gasteiger partial charge in [-0.3, -0.25) is 0 Å². The third-order valence-corrected chi connectivity index (χ3v) is 5.53. The number of nitrogens with zero attached hydrogens (tertiary/aromatic N) is 1. The Hall–Kier alpha value is -1.64. The zero-order chi connectivity index (χ0) is 17.7. The van der Waals surface area contributed by atoms with Crippen LogP contribution in [0.25, 0.3) is 0 Å². The van der Waals surface area contributed by atoms with Crippen LogP contribution in [0.4, 0.5) is 5.69 Å². The summed E-state index contributed by atoms with van der Waals surface area (Å²) in [5, 5.41) is 9.48. The van der Waals surface area contributed by atoms with Crippen LogP contribution >= 0.6 is 0 Å². The smallest absolute Gasteiger partial charge is 0.337 e. The molecule has 0 spiro atoms. The van der Waals surface area contributed by atoms with Crippen LogP contribution in [-0.4, -0.2) is 51.8 Å². The molecule has 1 atom stereocenters. The molecule has 2 N–H and O–H groups in total. The van der Waals surface area contributed by atoms with Gasteiger partial charge in [0.05, 0.1) is 29.4 Å². The van der Waals surface area contributed by atoms with Crippen molar-refractivity contribution in [3.8, 4) is 0 Å². The number of carboxylic acids is 1. The molecule has 1 saturated heterocycles. The zero-order valence-corrected chi connectivity index (χ0v) is 14.8. The van der Waals surface area contributed by atoms with Gasteiger partial charge >= 0.3 is 5.97 Å². The van der Waals surface area contributed by atoms with E-state index < -0.39 is 16.0 Å². The van der Waals surface area contributed by atoms with Gasteiger partial charge in [-0.15, -0.1) is 0 Å². The highest BCUT2D eigenvalue weighted by atomic mass is 32.2. The minimum atomic E-state index is -3.74. The van der Waals surface area contributed by atoms with Gasteiger partial charge in [0, 0.05) is 19.1 Å². The van der Waals surface area contributed by atoms with Crippen molar-refractivity contribution in [2.75, 3.05) is 31.2 Å². The predicted octanol–water partition coefficient (Wildman–Crippen LogP) is 1.69. The van der Waals surface area contributed by atoms with E-state index in [2.05, 4.69) is 4.72 Å². The molecule has 1 aromatic carbocycles. The second kappa shape index (κ2) is 7.96. The lowest BCUT2D eigenvalue weighted by molar-refractivity contribution is 0.0696. The molecule has 134 valence electrons. The Kier molecular flexibility index (Phi) is 6.20. The van der Waals surface area contributed by atoms with Crippen LogP contribution in [-0.2, 0) is 14.8 Å². The van der Waals surface area contributed by atoms with E-state index in [1.807, 2.05) is 11.8 Å². The summed E-state index contributed by atoms with van der Waals surface area (Å²) in [5.41, 5.74) is 0.509. The van der Waals surface area contributed by atoms with Crippen molar-refractivity contribution in [1.29, 1.82) is 0 Å². The first-order chi connectivity index (χ1) is 11.3. The molecule has 1 aliphatic heterocycles. The van der Waals surface area contributed by atoms with Gasteiger partial charge in [0.25, 0.3) is 0 Å². The summed E-state index contributed by atoms with van der Waals surface area (Å²) in [5.74, 6) is -1.14. The highest BCUT2D eigenvalue weighted by molar-refractivity contribution is 7.89. The van der Waals surface area contributed by atoms with E-state index in [9.17, 15) is 18.3 Å². The summed E-state index contributed by atoms with van der Waals surface area (Å²) in [6.45, 7) is 5.98. The quantitative estimate of drug-likeness (QED) is 0.772. The molecule has 0 saturated carbocycles. The van der Waals surface area contributed by atoms with Crippen LogP contribution in [0, 0.1) is 0 Å². The Morgan fingerprint density at radius 2 is 2.04 bits per heavy atom. The highest BCUT2D eigenvalue weighted by Gasteiger charge is 2.23. The van der Waals surface area contributed by atoms with Gasteiger partial charge in [-0.05, 0) is 31.5 Å². The van der Waals surface area contributed by atoms with Crippen molar-refractivity contribution in [2.45, 2.75) is 37.6 Å². The molecule has 0 amide bonds. The number of rotatable bonds is 7. The molecule has 0 aliphatic carbocycles. The van der Waals surface area contributed by atoms with Crippen LogP contribution in [0.1, 0.15) is 37.0 Å². The molecular formula is C16H24N2O5S. The first kappa shape index (κ1) is 18.7. The van der Waals surface area contributed by atoms with Crippen molar-refractivity contribution in [1.82, 2.24) is 4.72 Å². The topological polar surface area (TPSA) is 95.9 Å². The maximum Gasteiger partial charge on any atom is 0.337 e. The molecule has 1 aromatic rings. The van der Waals surface area contributed by atoms with E-state index in [0.717, 1.165) is 12.8 Å². The Bertz CT molecular complexity index is 684. The van der Waals surface area contributed by atoms with Crippen LogP contribution < -0.4 is 9.62 Å². The van der Waals surface area contributed by atoms with Crippen LogP contribution in [0.2, 0.25) is 0 Å². The lowest BCUT2D eigenvalue weighted by Crippen LogP contribution is -2.37. The van der Waals surface area contributed by atoms with Gasteiger partial charge in [-0.25, -0.2) is 17.9 Å². The number of aromatic carboxylic acids is 1. The van der Waals surface area contributed by atoms with E-state index in [4.69, 9.17) is 4.74 Å². The maximum absolute atomic E-state index is 12.4. The number of morpholine rings is 1. The second-order valence-corrected chi connectivity index (χ2v) is 7.61. The molecule has 0 aromatic heterocycles. The summed E-state index contributed by atoms with van der Waals surface area (Å²) < 4.78 is 32.7. The van der Waals surface area contributed by atoms with Crippen molar-refractivity contribution in [3.05, 3.63) is 23.8 Å². The van der Waals surface area contributed by atoms with Gasteiger partial charge in [0.15, 0.2) is 0 Å². The number of hydrogen-bond donors (Lipinski definition) is 2. The normalized spacial score (nSPS) is 16.8. The lowest BCUT2D eigenvalue weighted by atomic mass is 10.1. The molecular weight excluding hydrogens is 332 g/mol. The molecule has 7 nitrogen and oxygen atoms in total. The van der Waals surface area contributed by atoms with E-state index in [1.54, 1.807) is 13.0 Å². The fourth-order valence-electron chi connectivity index (χ4n) is 2.76. The number of sulfonamides is 1. The summed E-state index contributed by atoms with van der Waals surface area (Å²) in [7, 11) is -3.74. The fourth-order valence-corrected chi connectivity index (χ4v) is 4.06. The number of hydrogen-bond acceptors (Lipinski definition) is 5. The van der Waals surface area contributed by atoms with E-state index in [1.165, 1.54) is 12.1 Å². The maximum atomic E-state index is 12.4. The molecule has 0 bridgehead atoms. The summed E-state index contributed by atoms with van der Waals surface area (Å²) in [6, 6.07) is 4.05. The second-order valence-electron chi connectivity index (χ2n) is 5.89. The standard InChI is InChI=1S/C16H24N2O5S/c1-3-4-12(2)17-24(21,22)13-5-6-15(14(11-13)16(19)20)18-7-9-23-10-8-18/h5-6,11-12,17H,3-4,7-10H2,1-2H3,(H,19,20)/t12-/m0/s1. The third kappa shape index (κ3) is 4.46. The van der Waals surface area contributed by atoms with Crippen molar-refractivity contribution >= 4 is 21.7 Å². The Labute approximate surface area is 142 Å². The van der Waals surface area contributed by atoms with Gasteiger partial charge in [0.2, 0.25) is 10.0 Å². The van der Waals surface area contributed by atoms with Gasteiger partial charge in [-0.1, -0.05) is 13.3 Å². The number of carboxylic acid groups (broad SMARTS) is 1. The largest absolute Gasteiger partial charge is 0.478 e. The molecule has 1 fully saturated rings. The SMILES string of the molecule is CCC[C@H](C)NS(=O)(=O)c1ccc(N2CCOCC2)c(C(=O)O)c1. The van der Waals surface area contributed by atoms with Gasteiger partial charge < -0.3 is 14.7 Å². The minimum Gasteiger partial charge on any atom is -0.478 e. The van der Waals surface area contributed by atoms with Crippen molar-refractivity contribution < 1.29 is 23.1 Å². The first-order valence-electron chi connectivity index (χ1n) is 8.07. The summed E-state index contributed by atoms with van der Waals surface area (Å²) in [4.78, 5) is 13.5. The zero-order valence-electron chi connectivity index (χ0n) is 14.0. The molecule has 0 radical (unpaired) electrons. The number of nitrogens with one attached hydrogen (secondary N) is 1. The molecule has 1 heterocycles. The monoisotopic (exact) mass is 356 g/mol. The summed E-state index contributed by atoms with van der Waals surface area (Å²) >= 11 is 0. The lowest BCUT2D eigenvalue weighted by Gasteiger charge is -2.30. The van der Waals surface area contributed by atoms with Gasteiger partial charge in [-0.2, -0.15) is 0 Å². The summed E-state index contributed by atoms with van der Waals surface area (Å²) in [6.07, 6.45) is 1.58. The van der Waals surface area contributed by atoms with E-state index >= 15 is 0 Å². The number of ether oxygens (including phenoxy) is 1. The molecule has 24 heavy (non-hydrogen) atoms. The predicted molar refractivity (Wildman–Crippen MR) is 91.1 cm³/mol. The van der Waals surface area contributed by atoms with E-state index in [0.29, 0.717) is 32.0 Å². The Balaban J connectivity index is 2.32. The molecule has 2 rings (SSSR count). The van der Waals surface area contributed by atoms with Crippen LogP contribution in [0.5, 0.6) is 0 Å². The van der Waals surface area contributed by atoms with Crippen LogP contribution in [0.3, 0.4) is 0 Å². The Morgan fingerprint density at radius 3 is 2.62 bits per heavy atom. The van der Waals surface area contributed by atoms with Crippen molar-refractivity contribution in [3.63, 3.8) is 0 Å². The number of carbonyl (C=O) groups is 1. The Morgan fingerprint density at radius 1 is 1.38 bits per heavy atom. The number of anilines is 1.